The highest BCUT2D eigenvalue weighted by Crippen LogP contribution is 2.31. The number of carbonyl (C=O) groups excluding carboxylic acids is 2. The van der Waals surface area contributed by atoms with E-state index in [1.54, 1.807) is 6.92 Å². The van der Waals surface area contributed by atoms with Gasteiger partial charge in [-0.3, -0.25) is 20.3 Å². The van der Waals surface area contributed by atoms with E-state index in [1.807, 2.05) is 13.8 Å². The lowest BCUT2D eigenvalue weighted by atomic mass is 9.79. The molecule has 0 aromatic heterocycles. The van der Waals surface area contributed by atoms with E-state index in [0.717, 1.165) is 11.3 Å². The molecule has 0 aromatic rings. The minimum atomic E-state index is -0.461. The summed E-state index contributed by atoms with van der Waals surface area (Å²) in [6.45, 7) is 6.54. The zero-order chi connectivity index (χ0) is 13.3. The average molecular weight is 253 g/mol. The molecule has 1 amide bonds. The second kappa shape index (κ2) is 4.97. The molecule has 1 saturated heterocycles. The first-order chi connectivity index (χ1) is 8.56. The zero-order valence-electron chi connectivity index (χ0n) is 10.9. The Balaban J connectivity index is 2.29. The quantitative estimate of drug-likeness (QED) is 0.588. The number of nitrogens with one attached hydrogen (secondary N) is 3. The first-order valence-electron chi connectivity index (χ1n) is 6.21. The van der Waals surface area contributed by atoms with E-state index in [-0.39, 0.29) is 23.7 Å². The van der Waals surface area contributed by atoms with Crippen LogP contribution in [0.2, 0.25) is 0 Å². The fourth-order valence-corrected chi connectivity index (χ4v) is 2.53. The lowest BCUT2D eigenvalue weighted by Gasteiger charge is -2.40. The molecule has 2 aliphatic rings. The lowest BCUT2D eigenvalue weighted by Crippen LogP contribution is -2.61. The number of rotatable bonds is 2. The number of carbonyl (C=O) groups is 2. The smallest absolute Gasteiger partial charge is 0.323 e. The Kier molecular flexibility index (Phi) is 3.56. The van der Waals surface area contributed by atoms with Crippen molar-refractivity contribution in [3.05, 3.63) is 11.3 Å². The molecule has 3 unspecified atom stereocenters. The predicted octanol–water partition coefficient (Wildman–Crippen LogP) is -0.318. The van der Waals surface area contributed by atoms with Gasteiger partial charge in [-0.05, 0) is 19.4 Å². The maximum Gasteiger partial charge on any atom is 0.323 e. The van der Waals surface area contributed by atoms with Gasteiger partial charge < -0.3 is 10.2 Å². The Morgan fingerprint density at radius 2 is 2.17 bits per heavy atom. The minimum absolute atomic E-state index is 0.102. The summed E-state index contributed by atoms with van der Waals surface area (Å²) in [5.74, 6) is -0.852. The van der Waals surface area contributed by atoms with Crippen LogP contribution in [-0.4, -0.2) is 31.1 Å². The van der Waals surface area contributed by atoms with Crippen molar-refractivity contribution in [3.8, 4) is 0 Å². The Labute approximate surface area is 106 Å². The number of hydrazine groups is 1. The molecule has 0 aromatic carbocycles. The molecule has 6 nitrogen and oxygen atoms in total. The van der Waals surface area contributed by atoms with Gasteiger partial charge in [-0.2, -0.15) is 0 Å². The van der Waals surface area contributed by atoms with Gasteiger partial charge in [-0.15, -0.1) is 0 Å². The third-order valence-electron chi connectivity index (χ3n) is 3.55. The van der Waals surface area contributed by atoms with Gasteiger partial charge in [0.05, 0.1) is 6.61 Å². The third-order valence-corrected chi connectivity index (χ3v) is 3.55. The van der Waals surface area contributed by atoms with E-state index in [0.29, 0.717) is 13.2 Å². The zero-order valence-corrected chi connectivity index (χ0v) is 10.9. The van der Waals surface area contributed by atoms with E-state index >= 15 is 0 Å². The van der Waals surface area contributed by atoms with Crippen molar-refractivity contribution in [3.63, 3.8) is 0 Å². The van der Waals surface area contributed by atoms with E-state index < -0.39 is 6.04 Å². The molecule has 100 valence electrons. The summed E-state index contributed by atoms with van der Waals surface area (Å²) in [6, 6.07) is -0.461. The van der Waals surface area contributed by atoms with Crippen molar-refractivity contribution in [2.24, 2.45) is 11.8 Å². The van der Waals surface area contributed by atoms with Crippen molar-refractivity contribution >= 4 is 11.9 Å². The van der Waals surface area contributed by atoms with Crippen molar-refractivity contribution in [1.82, 2.24) is 16.2 Å². The monoisotopic (exact) mass is 253 g/mol. The molecule has 0 bridgehead atoms. The van der Waals surface area contributed by atoms with Crippen LogP contribution in [0.4, 0.5) is 0 Å². The summed E-state index contributed by atoms with van der Waals surface area (Å²) in [5.41, 5.74) is 7.57. The summed E-state index contributed by atoms with van der Waals surface area (Å²) < 4.78 is 5.07. The molecule has 2 heterocycles. The Bertz CT molecular complexity index is 405. The molecular weight excluding hydrogens is 234 g/mol. The van der Waals surface area contributed by atoms with Crippen molar-refractivity contribution < 1.29 is 14.3 Å². The van der Waals surface area contributed by atoms with Crippen LogP contribution in [0.15, 0.2) is 11.3 Å². The highest BCUT2D eigenvalue weighted by Gasteiger charge is 2.44. The Morgan fingerprint density at radius 3 is 2.83 bits per heavy atom. The molecule has 0 aliphatic carbocycles. The Morgan fingerprint density at radius 1 is 1.44 bits per heavy atom. The second-order valence-corrected chi connectivity index (χ2v) is 4.73. The number of amides is 1. The molecule has 18 heavy (non-hydrogen) atoms. The number of fused-ring (bicyclic) bond motifs is 1. The van der Waals surface area contributed by atoms with Crippen LogP contribution < -0.4 is 16.2 Å². The van der Waals surface area contributed by atoms with E-state index in [9.17, 15) is 9.59 Å². The standard InChI is InChI=1S/C12H19N3O3/c1-4-18-12(17)10-8-7(3)11(16)15-14-9(8)6(2)5-13-10/h7-8,10,13-14H,4-5H2,1-3H3,(H,15,16). The highest BCUT2D eigenvalue weighted by molar-refractivity contribution is 5.84. The SMILES string of the molecule is CCOC(=O)C1NCC(C)=C2NNC(=O)C(C)C21. The molecule has 1 fully saturated rings. The average Bonchev–Trinajstić information content (AvgIpc) is 2.34. The van der Waals surface area contributed by atoms with Crippen LogP contribution >= 0.6 is 0 Å². The fraction of sp³-hybridized carbons (Fsp3) is 0.667. The van der Waals surface area contributed by atoms with Crippen molar-refractivity contribution in [2.45, 2.75) is 26.8 Å². The number of ether oxygens (including phenoxy) is 1. The highest BCUT2D eigenvalue weighted by atomic mass is 16.5. The first-order valence-corrected chi connectivity index (χ1v) is 6.21. The molecule has 3 N–H and O–H groups in total. The molecule has 2 aliphatic heterocycles. The third kappa shape index (κ3) is 2.08. The van der Waals surface area contributed by atoms with Crippen molar-refractivity contribution in [2.75, 3.05) is 13.2 Å². The molecular formula is C12H19N3O3. The summed E-state index contributed by atoms with van der Waals surface area (Å²) in [4.78, 5) is 23.7. The van der Waals surface area contributed by atoms with Crippen LogP contribution in [0.3, 0.4) is 0 Å². The number of esters is 1. The van der Waals surface area contributed by atoms with E-state index in [4.69, 9.17) is 4.74 Å². The van der Waals surface area contributed by atoms with Gasteiger partial charge in [-0.1, -0.05) is 6.92 Å². The van der Waals surface area contributed by atoms with Gasteiger partial charge in [0.1, 0.15) is 6.04 Å². The molecule has 0 saturated carbocycles. The Hall–Kier alpha value is -1.56. The largest absolute Gasteiger partial charge is 0.465 e. The van der Waals surface area contributed by atoms with Gasteiger partial charge in [0, 0.05) is 24.1 Å². The molecule has 6 heteroatoms. The van der Waals surface area contributed by atoms with Gasteiger partial charge in [0.15, 0.2) is 0 Å². The normalized spacial score (nSPS) is 31.3. The minimum Gasteiger partial charge on any atom is -0.465 e. The topological polar surface area (TPSA) is 79.5 Å². The molecule has 2 rings (SSSR count). The molecule has 0 spiro atoms. The van der Waals surface area contributed by atoms with Gasteiger partial charge in [0.2, 0.25) is 5.91 Å². The molecule has 3 atom stereocenters. The maximum atomic E-state index is 11.9. The first kappa shape index (κ1) is 12.9. The second-order valence-electron chi connectivity index (χ2n) is 4.73. The van der Waals surface area contributed by atoms with Crippen LogP contribution in [0.5, 0.6) is 0 Å². The fourth-order valence-electron chi connectivity index (χ4n) is 2.53. The van der Waals surface area contributed by atoms with Gasteiger partial charge in [-0.25, -0.2) is 0 Å². The molecule has 0 radical (unpaired) electrons. The summed E-state index contributed by atoms with van der Waals surface area (Å²) >= 11 is 0. The van der Waals surface area contributed by atoms with Gasteiger partial charge >= 0.3 is 5.97 Å². The summed E-state index contributed by atoms with van der Waals surface area (Å²) in [6.07, 6.45) is 0. The van der Waals surface area contributed by atoms with E-state index in [2.05, 4.69) is 16.2 Å². The van der Waals surface area contributed by atoms with E-state index in [1.165, 1.54) is 0 Å². The lowest BCUT2D eigenvalue weighted by molar-refractivity contribution is -0.148. The van der Waals surface area contributed by atoms with Crippen LogP contribution in [0.25, 0.3) is 0 Å². The van der Waals surface area contributed by atoms with Crippen LogP contribution in [0.1, 0.15) is 20.8 Å². The maximum absolute atomic E-state index is 11.9. The van der Waals surface area contributed by atoms with Crippen molar-refractivity contribution in [1.29, 1.82) is 0 Å². The number of hydrogen-bond donors (Lipinski definition) is 3. The van der Waals surface area contributed by atoms with Crippen LogP contribution in [-0.2, 0) is 14.3 Å². The van der Waals surface area contributed by atoms with Crippen LogP contribution in [0, 0.1) is 11.8 Å². The summed E-state index contributed by atoms with van der Waals surface area (Å²) in [5, 5.41) is 3.15. The predicted molar refractivity (Wildman–Crippen MR) is 65.1 cm³/mol. The van der Waals surface area contributed by atoms with Gasteiger partial charge in [0.25, 0.3) is 0 Å². The number of hydrogen-bond acceptors (Lipinski definition) is 5. The summed E-state index contributed by atoms with van der Waals surface area (Å²) in [7, 11) is 0.